The number of hydrogen-bond acceptors (Lipinski definition) is 3. The van der Waals surface area contributed by atoms with Gasteiger partial charge in [0.2, 0.25) is 0 Å². The van der Waals surface area contributed by atoms with E-state index in [1.54, 1.807) is 30.8 Å². The number of fused-ring (bicyclic) bond motifs is 1. The molecule has 0 atom stereocenters. The Balaban J connectivity index is 1.98. The second-order valence-corrected chi connectivity index (χ2v) is 5.52. The van der Waals surface area contributed by atoms with Gasteiger partial charge in [-0.2, -0.15) is 0 Å². The summed E-state index contributed by atoms with van der Waals surface area (Å²) in [5.74, 6) is 0.167. The van der Waals surface area contributed by atoms with E-state index in [0.29, 0.717) is 22.9 Å². The van der Waals surface area contributed by atoms with E-state index in [2.05, 4.69) is 0 Å². The van der Waals surface area contributed by atoms with Crippen LogP contribution in [0.4, 0.5) is 0 Å². The molecule has 0 aliphatic heterocycles. The summed E-state index contributed by atoms with van der Waals surface area (Å²) in [6.45, 7) is 0.566. The quantitative estimate of drug-likeness (QED) is 0.568. The summed E-state index contributed by atoms with van der Waals surface area (Å²) in [6, 6.07) is 12.7. The number of ether oxygens (including phenoxy) is 1. The van der Waals surface area contributed by atoms with Gasteiger partial charge in [0.1, 0.15) is 5.75 Å². The van der Waals surface area contributed by atoms with Crippen molar-refractivity contribution in [1.82, 2.24) is 10.0 Å². The van der Waals surface area contributed by atoms with Gasteiger partial charge in [-0.1, -0.05) is 23.7 Å². The normalized spacial score (nSPS) is 10.7. The third-order valence-corrected chi connectivity index (χ3v) is 4.09. The largest absolute Gasteiger partial charge is 0.497 e. The Hall–Kier alpha value is -2.50. The van der Waals surface area contributed by atoms with Crippen LogP contribution in [0.15, 0.2) is 48.7 Å². The van der Waals surface area contributed by atoms with Crippen molar-refractivity contribution in [2.45, 2.75) is 6.54 Å². The Kier molecular flexibility index (Phi) is 4.23. The maximum absolute atomic E-state index is 11.6. The summed E-state index contributed by atoms with van der Waals surface area (Å²) in [4.78, 5) is 11.6. The number of aromatic nitrogens is 1. The molecule has 0 saturated heterocycles. The average molecular weight is 331 g/mol. The number of nitrogens with zero attached hydrogens (tertiary/aromatic N) is 1. The number of rotatable bonds is 4. The molecule has 1 amide bonds. The van der Waals surface area contributed by atoms with Gasteiger partial charge in [0.05, 0.1) is 7.11 Å². The minimum absolute atomic E-state index is 0.390. The molecule has 5 nitrogen and oxygen atoms in total. The van der Waals surface area contributed by atoms with E-state index in [0.717, 1.165) is 16.5 Å². The molecule has 0 radical (unpaired) electrons. The van der Waals surface area contributed by atoms with Crippen LogP contribution < -0.4 is 10.2 Å². The summed E-state index contributed by atoms with van der Waals surface area (Å²) in [5.41, 5.74) is 3.87. The van der Waals surface area contributed by atoms with Crippen LogP contribution in [0.1, 0.15) is 15.9 Å². The van der Waals surface area contributed by atoms with Crippen molar-refractivity contribution in [3.8, 4) is 5.75 Å². The highest BCUT2D eigenvalue weighted by Crippen LogP contribution is 2.25. The Morgan fingerprint density at radius 1 is 1.26 bits per heavy atom. The third kappa shape index (κ3) is 3.02. The summed E-state index contributed by atoms with van der Waals surface area (Å²) < 4.78 is 7.15. The molecule has 23 heavy (non-hydrogen) atoms. The number of carbonyl (C=O) groups excluding carboxylic acids is 1. The fraction of sp³-hybridized carbons (Fsp3) is 0.118. The van der Waals surface area contributed by atoms with Crippen LogP contribution in [0.5, 0.6) is 5.75 Å². The molecule has 3 aromatic rings. The molecule has 2 N–H and O–H groups in total. The number of carbonyl (C=O) groups is 1. The molecule has 0 saturated carbocycles. The van der Waals surface area contributed by atoms with Crippen molar-refractivity contribution in [3.05, 3.63) is 64.8 Å². The molecule has 6 heteroatoms. The molecule has 3 rings (SSSR count). The Morgan fingerprint density at radius 3 is 2.78 bits per heavy atom. The van der Waals surface area contributed by atoms with Gasteiger partial charge < -0.3 is 9.30 Å². The van der Waals surface area contributed by atoms with Crippen LogP contribution in [-0.2, 0) is 6.54 Å². The second kappa shape index (κ2) is 6.32. The standard InChI is InChI=1S/C17H15ClN2O3/c1-23-14-5-4-13(15(18)9-14)10-20-7-6-11-2-3-12(8-16(11)20)17(21)19-22/h2-9,22H,10H2,1H3,(H,19,21). The highest BCUT2D eigenvalue weighted by Gasteiger charge is 2.09. The van der Waals surface area contributed by atoms with E-state index in [-0.39, 0.29) is 0 Å². The zero-order chi connectivity index (χ0) is 16.4. The minimum Gasteiger partial charge on any atom is -0.497 e. The van der Waals surface area contributed by atoms with Crippen LogP contribution in [0.3, 0.4) is 0 Å². The van der Waals surface area contributed by atoms with Gasteiger partial charge >= 0.3 is 0 Å². The van der Waals surface area contributed by atoms with Crippen molar-refractivity contribution in [1.29, 1.82) is 0 Å². The topological polar surface area (TPSA) is 63.5 Å². The van der Waals surface area contributed by atoms with Gasteiger partial charge in [0.25, 0.3) is 5.91 Å². The smallest absolute Gasteiger partial charge is 0.274 e. The van der Waals surface area contributed by atoms with E-state index in [4.69, 9.17) is 21.5 Å². The van der Waals surface area contributed by atoms with Crippen LogP contribution in [0, 0.1) is 0 Å². The van der Waals surface area contributed by atoms with Crippen LogP contribution in [0.2, 0.25) is 5.02 Å². The van der Waals surface area contributed by atoms with E-state index in [9.17, 15) is 4.79 Å². The maximum Gasteiger partial charge on any atom is 0.274 e. The van der Waals surface area contributed by atoms with E-state index >= 15 is 0 Å². The molecular formula is C17H15ClN2O3. The SMILES string of the molecule is COc1ccc(Cn2ccc3ccc(C(=O)NO)cc32)c(Cl)c1. The van der Waals surface area contributed by atoms with Crippen molar-refractivity contribution in [3.63, 3.8) is 0 Å². The number of benzene rings is 2. The maximum atomic E-state index is 11.6. The highest BCUT2D eigenvalue weighted by atomic mass is 35.5. The number of halogens is 1. The number of hydroxylamine groups is 1. The molecule has 1 aromatic heterocycles. The first-order chi connectivity index (χ1) is 11.1. The number of nitrogens with one attached hydrogen (secondary N) is 1. The second-order valence-electron chi connectivity index (χ2n) is 5.12. The number of hydrogen-bond donors (Lipinski definition) is 2. The molecule has 2 aromatic carbocycles. The highest BCUT2D eigenvalue weighted by molar-refractivity contribution is 6.31. The predicted molar refractivity (Wildman–Crippen MR) is 88.3 cm³/mol. The van der Waals surface area contributed by atoms with E-state index in [1.165, 1.54) is 0 Å². The summed E-state index contributed by atoms with van der Waals surface area (Å²) >= 11 is 6.29. The molecule has 0 spiro atoms. The fourth-order valence-corrected chi connectivity index (χ4v) is 2.72. The first-order valence-electron chi connectivity index (χ1n) is 6.98. The Morgan fingerprint density at radius 2 is 2.09 bits per heavy atom. The first-order valence-corrected chi connectivity index (χ1v) is 7.36. The Bertz CT molecular complexity index is 873. The lowest BCUT2D eigenvalue weighted by Crippen LogP contribution is -2.18. The summed E-state index contributed by atoms with van der Waals surface area (Å²) in [5, 5.41) is 10.4. The summed E-state index contributed by atoms with van der Waals surface area (Å²) in [7, 11) is 1.60. The molecule has 0 unspecified atom stereocenters. The van der Waals surface area contributed by atoms with Gasteiger partial charge in [-0.15, -0.1) is 0 Å². The molecule has 1 heterocycles. The monoisotopic (exact) mass is 330 g/mol. The number of amides is 1. The minimum atomic E-state index is -0.540. The van der Waals surface area contributed by atoms with Crippen molar-refractivity contribution >= 4 is 28.4 Å². The van der Waals surface area contributed by atoms with Crippen LogP contribution in [0.25, 0.3) is 10.9 Å². The van der Waals surface area contributed by atoms with Crippen molar-refractivity contribution in [2.24, 2.45) is 0 Å². The first kappa shape index (κ1) is 15.4. The molecule has 0 bridgehead atoms. The van der Waals surface area contributed by atoms with E-state index < -0.39 is 5.91 Å². The molecular weight excluding hydrogens is 316 g/mol. The molecule has 0 fully saturated rings. The zero-order valence-electron chi connectivity index (χ0n) is 12.4. The van der Waals surface area contributed by atoms with Gasteiger partial charge in [0.15, 0.2) is 0 Å². The lowest BCUT2D eigenvalue weighted by Gasteiger charge is -2.10. The average Bonchev–Trinajstić information content (AvgIpc) is 2.98. The lowest BCUT2D eigenvalue weighted by molar-refractivity contribution is 0.0706. The predicted octanol–water partition coefficient (Wildman–Crippen LogP) is 3.47. The lowest BCUT2D eigenvalue weighted by atomic mass is 10.1. The number of methoxy groups -OCH3 is 1. The van der Waals surface area contributed by atoms with Crippen LogP contribution in [-0.4, -0.2) is 22.8 Å². The Labute approximate surface area is 138 Å². The van der Waals surface area contributed by atoms with Crippen LogP contribution >= 0.6 is 11.6 Å². The van der Waals surface area contributed by atoms with Crippen molar-refractivity contribution in [2.75, 3.05) is 7.11 Å². The van der Waals surface area contributed by atoms with Gasteiger partial charge in [-0.25, -0.2) is 5.48 Å². The fourth-order valence-electron chi connectivity index (χ4n) is 2.49. The summed E-state index contributed by atoms with van der Waals surface area (Å²) in [6.07, 6.45) is 1.94. The van der Waals surface area contributed by atoms with Gasteiger partial charge in [-0.05, 0) is 41.3 Å². The molecule has 118 valence electrons. The van der Waals surface area contributed by atoms with Gasteiger partial charge in [-0.3, -0.25) is 10.0 Å². The van der Waals surface area contributed by atoms with Gasteiger partial charge in [0, 0.05) is 28.8 Å². The van der Waals surface area contributed by atoms with Crippen molar-refractivity contribution < 1.29 is 14.7 Å². The molecule has 0 aliphatic carbocycles. The molecule has 0 aliphatic rings. The third-order valence-electron chi connectivity index (χ3n) is 3.74. The zero-order valence-corrected chi connectivity index (χ0v) is 13.2. The van der Waals surface area contributed by atoms with E-state index in [1.807, 2.05) is 35.0 Å².